The standard InChI is InChI=1S/C11H14BrN7O/c12-8-6-9(10(17-13)15-7-8)11(20)14-2-1-4-19-5-3-16-18-19/h3,5-7H,1-2,4,13H2,(H,14,20)(H,15,17). The highest BCUT2D eigenvalue weighted by Gasteiger charge is 2.12. The maximum Gasteiger partial charge on any atom is 0.255 e. The maximum atomic E-state index is 12.0. The molecule has 0 fully saturated rings. The van der Waals surface area contributed by atoms with Crippen LogP contribution in [0.2, 0.25) is 0 Å². The number of nitrogens with two attached hydrogens (primary N) is 1. The molecular formula is C11H14BrN7O. The molecule has 0 spiro atoms. The van der Waals surface area contributed by atoms with Crippen LogP contribution in [0.4, 0.5) is 5.82 Å². The number of hydrazine groups is 1. The number of nitrogen functional groups attached to an aromatic ring is 1. The summed E-state index contributed by atoms with van der Waals surface area (Å²) in [5.74, 6) is 5.44. The van der Waals surface area contributed by atoms with E-state index in [9.17, 15) is 4.79 Å². The second-order valence-corrected chi connectivity index (χ2v) is 4.89. The second-order valence-electron chi connectivity index (χ2n) is 3.97. The number of aryl methyl sites for hydroxylation is 1. The molecule has 0 aliphatic heterocycles. The third-order valence-electron chi connectivity index (χ3n) is 2.56. The van der Waals surface area contributed by atoms with Gasteiger partial charge in [0, 0.05) is 30.0 Å². The van der Waals surface area contributed by atoms with Crippen molar-refractivity contribution in [3.8, 4) is 0 Å². The van der Waals surface area contributed by atoms with Gasteiger partial charge in [0.1, 0.15) is 0 Å². The van der Waals surface area contributed by atoms with Gasteiger partial charge in [0.15, 0.2) is 5.82 Å². The number of carbonyl (C=O) groups excluding carboxylic acids is 1. The summed E-state index contributed by atoms with van der Waals surface area (Å²) in [6, 6.07) is 1.66. The van der Waals surface area contributed by atoms with Crippen molar-refractivity contribution in [1.82, 2.24) is 25.3 Å². The van der Waals surface area contributed by atoms with Gasteiger partial charge in [-0.2, -0.15) is 0 Å². The van der Waals surface area contributed by atoms with Gasteiger partial charge in [-0.1, -0.05) is 5.21 Å². The molecule has 2 aromatic rings. The number of hydrogen-bond donors (Lipinski definition) is 3. The fourth-order valence-corrected chi connectivity index (χ4v) is 1.95. The molecule has 0 unspecified atom stereocenters. The van der Waals surface area contributed by atoms with E-state index in [4.69, 9.17) is 5.84 Å². The molecule has 2 aromatic heterocycles. The quantitative estimate of drug-likeness (QED) is 0.402. The molecule has 0 aliphatic rings. The zero-order chi connectivity index (χ0) is 14.4. The van der Waals surface area contributed by atoms with Gasteiger partial charge in [-0.15, -0.1) is 5.10 Å². The van der Waals surface area contributed by atoms with E-state index < -0.39 is 0 Å². The van der Waals surface area contributed by atoms with E-state index in [2.05, 4.69) is 42.0 Å². The van der Waals surface area contributed by atoms with Crippen LogP contribution in [0.5, 0.6) is 0 Å². The summed E-state index contributed by atoms with van der Waals surface area (Å²) >= 11 is 3.27. The van der Waals surface area contributed by atoms with E-state index >= 15 is 0 Å². The first-order valence-corrected chi connectivity index (χ1v) is 6.74. The topological polar surface area (TPSA) is 111 Å². The van der Waals surface area contributed by atoms with Gasteiger partial charge in [0.25, 0.3) is 5.91 Å². The van der Waals surface area contributed by atoms with E-state index in [0.717, 1.165) is 6.42 Å². The molecule has 2 rings (SSSR count). The van der Waals surface area contributed by atoms with Crippen LogP contribution >= 0.6 is 15.9 Å². The Kier molecular flexibility index (Phi) is 5.02. The molecular weight excluding hydrogens is 326 g/mol. The summed E-state index contributed by atoms with van der Waals surface area (Å²) in [6.45, 7) is 1.22. The summed E-state index contributed by atoms with van der Waals surface area (Å²) in [5.41, 5.74) is 2.79. The lowest BCUT2D eigenvalue weighted by molar-refractivity contribution is 0.0953. The van der Waals surface area contributed by atoms with Gasteiger partial charge < -0.3 is 10.7 Å². The Bertz CT molecular complexity index is 572. The van der Waals surface area contributed by atoms with Gasteiger partial charge in [-0.3, -0.25) is 9.48 Å². The summed E-state index contributed by atoms with van der Waals surface area (Å²) in [4.78, 5) is 16.1. The van der Waals surface area contributed by atoms with Gasteiger partial charge >= 0.3 is 0 Å². The fourth-order valence-electron chi connectivity index (χ4n) is 1.62. The molecule has 0 atom stereocenters. The van der Waals surface area contributed by atoms with Crippen molar-refractivity contribution in [3.63, 3.8) is 0 Å². The number of nitrogens with one attached hydrogen (secondary N) is 2. The van der Waals surface area contributed by atoms with E-state index in [1.54, 1.807) is 29.3 Å². The van der Waals surface area contributed by atoms with Crippen molar-refractivity contribution < 1.29 is 4.79 Å². The normalized spacial score (nSPS) is 10.3. The first-order valence-electron chi connectivity index (χ1n) is 5.95. The molecule has 0 saturated carbocycles. The number of nitrogens with zero attached hydrogens (tertiary/aromatic N) is 4. The number of carbonyl (C=O) groups is 1. The Labute approximate surface area is 123 Å². The number of aromatic nitrogens is 4. The number of hydrogen-bond acceptors (Lipinski definition) is 6. The van der Waals surface area contributed by atoms with Gasteiger partial charge in [0.2, 0.25) is 0 Å². The van der Waals surface area contributed by atoms with Gasteiger partial charge in [-0.05, 0) is 28.4 Å². The first kappa shape index (κ1) is 14.4. The average Bonchev–Trinajstić information content (AvgIpc) is 2.96. The van der Waals surface area contributed by atoms with E-state index in [-0.39, 0.29) is 5.91 Å². The molecule has 0 aliphatic carbocycles. The molecule has 20 heavy (non-hydrogen) atoms. The van der Waals surface area contributed by atoms with Crippen LogP contribution < -0.4 is 16.6 Å². The molecule has 0 radical (unpaired) electrons. The van der Waals surface area contributed by atoms with Crippen molar-refractivity contribution >= 4 is 27.7 Å². The number of anilines is 1. The monoisotopic (exact) mass is 339 g/mol. The van der Waals surface area contributed by atoms with Gasteiger partial charge in [-0.25, -0.2) is 10.8 Å². The highest BCUT2D eigenvalue weighted by Crippen LogP contribution is 2.16. The summed E-state index contributed by atoms with van der Waals surface area (Å²) < 4.78 is 2.42. The zero-order valence-electron chi connectivity index (χ0n) is 10.6. The van der Waals surface area contributed by atoms with Crippen LogP contribution in [0, 0.1) is 0 Å². The second kappa shape index (κ2) is 6.96. The van der Waals surface area contributed by atoms with E-state index in [0.29, 0.717) is 28.9 Å². The zero-order valence-corrected chi connectivity index (χ0v) is 12.2. The Balaban J connectivity index is 1.87. The SMILES string of the molecule is NNc1ncc(Br)cc1C(=O)NCCCn1ccnn1. The Morgan fingerprint density at radius 1 is 1.50 bits per heavy atom. The van der Waals surface area contributed by atoms with Crippen molar-refractivity contribution in [3.05, 3.63) is 34.7 Å². The van der Waals surface area contributed by atoms with Crippen LogP contribution in [0.3, 0.4) is 0 Å². The lowest BCUT2D eigenvalue weighted by Gasteiger charge is -2.09. The highest BCUT2D eigenvalue weighted by atomic mass is 79.9. The molecule has 9 heteroatoms. The Morgan fingerprint density at radius 2 is 2.35 bits per heavy atom. The highest BCUT2D eigenvalue weighted by molar-refractivity contribution is 9.10. The van der Waals surface area contributed by atoms with Crippen LogP contribution in [0.15, 0.2) is 29.1 Å². The number of halogens is 1. The predicted octanol–water partition coefficient (Wildman–Crippen LogP) is 0.541. The van der Waals surface area contributed by atoms with Crippen molar-refractivity contribution in [2.24, 2.45) is 5.84 Å². The molecule has 1 amide bonds. The number of pyridine rings is 1. The molecule has 0 aromatic carbocycles. The van der Waals surface area contributed by atoms with Crippen molar-refractivity contribution in [1.29, 1.82) is 0 Å². The third kappa shape index (κ3) is 3.75. The van der Waals surface area contributed by atoms with Gasteiger partial charge in [0.05, 0.1) is 11.8 Å². The smallest absolute Gasteiger partial charge is 0.255 e. The molecule has 0 saturated heterocycles. The average molecular weight is 340 g/mol. The minimum absolute atomic E-state index is 0.231. The molecule has 2 heterocycles. The van der Waals surface area contributed by atoms with E-state index in [1.807, 2.05) is 0 Å². The van der Waals surface area contributed by atoms with Crippen LogP contribution in [-0.4, -0.2) is 32.4 Å². The van der Waals surface area contributed by atoms with Crippen LogP contribution in [0.1, 0.15) is 16.8 Å². The summed E-state index contributed by atoms with van der Waals surface area (Å²) in [7, 11) is 0. The van der Waals surface area contributed by atoms with Crippen molar-refractivity contribution in [2.45, 2.75) is 13.0 Å². The maximum absolute atomic E-state index is 12.0. The molecule has 0 bridgehead atoms. The molecule has 106 valence electrons. The first-order chi connectivity index (χ1) is 9.70. The van der Waals surface area contributed by atoms with Crippen LogP contribution in [0.25, 0.3) is 0 Å². The lowest BCUT2D eigenvalue weighted by atomic mass is 10.2. The van der Waals surface area contributed by atoms with Crippen molar-refractivity contribution in [2.75, 3.05) is 12.0 Å². The Hall–Kier alpha value is -2.00. The third-order valence-corrected chi connectivity index (χ3v) is 2.99. The fraction of sp³-hybridized carbons (Fsp3) is 0.273. The largest absolute Gasteiger partial charge is 0.352 e. The molecule has 8 nitrogen and oxygen atoms in total. The van der Waals surface area contributed by atoms with E-state index in [1.165, 1.54) is 0 Å². The Morgan fingerprint density at radius 3 is 3.05 bits per heavy atom. The minimum atomic E-state index is -0.231. The van der Waals surface area contributed by atoms with Crippen LogP contribution in [-0.2, 0) is 6.54 Å². The summed E-state index contributed by atoms with van der Waals surface area (Å²) in [6.07, 6.45) is 5.71. The predicted molar refractivity (Wildman–Crippen MR) is 76.7 cm³/mol. The number of rotatable bonds is 6. The summed E-state index contributed by atoms with van der Waals surface area (Å²) in [5, 5.41) is 10.4. The minimum Gasteiger partial charge on any atom is -0.352 e. The lowest BCUT2D eigenvalue weighted by Crippen LogP contribution is -2.27. The number of amides is 1. The molecule has 4 N–H and O–H groups in total.